The standard InChI is InChI=1S/C16H27NO2/c1-4-9-17-12-15-7-5-6-8-16(15)13-18-10-11-19-14(2)3/h5-8,14,17H,4,9-13H2,1-3H3. The number of benzene rings is 1. The van der Waals surface area contributed by atoms with Crippen molar-refractivity contribution >= 4 is 0 Å². The fourth-order valence-corrected chi connectivity index (χ4v) is 1.80. The summed E-state index contributed by atoms with van der Waals surface area (Å²) in [5.74, 6) is 0. The molecule has 0 radical (unpaired) electrons. The summed E-state index contributed by atoms with van der Waals surface area (Å²) in [7, 11) is 0. The Hall–Kier alpha value is -0.900. The average molecular weight is 265 g/mol. The van der Waals surface area contributed by atoms with E-state index in [4.69, 9.17) is 9.47 Å². The minimum absolute atomic E-state index is 0.272. The maximum Gasteiger partial charge on any atom is 0.0721 e. The fraction of sp³-hybridized carbons (Fsp3) is 0.625. The zero-order valence-corrected chi connectivity index (χ0v) is 12.4. The number of hydrogen-bond acceptors (Lipinski definition) is 3. The van der Waals surface area contributed by atoms with Crippen LogP contribution in [-0.4, -0.2) is 25.9 Å². The summed E-state index contributed by atoms with van der Waals surface area (Å²) in [4.78, 5) is 0. The van der Waals surface area contributed by atoms with E-state index in [1.165, 1.54) is 11.1 Å². The fourth-order valence-electron chi connectivity index (χ4n) is 1.80. The molecule has 0 saturated heterocycles. The monoisotopic (exact) mass is 265 g/mol. The molecule has 0 amide bonds. The molecule has 0 aliphatic carbocycles. The molecule has 1 rings (SSSR count). The van der Waals surface area contributed by atoms with E-state index in [0.29, 0.717) is 19.8 Å². The molecule has 0 heterocycles. The topological polar surface area (TPSA) is 30.5 Å². The molecule has 0 aliphatic rings. The van der Waals surface area contributed by atoms with Crippen molar-refractivity contribution in [1.29, 1.82) is 0 Å². The molecular weight excluding hydrogens is 238 g/mol. The summed E-state index contributed by atoms with van der Waals surface area (Å²) in [5, 5.41) is 3.43. The van der Waals surface area contributed by atoms with Gasteiger partial charge in [0.25, 0.3) is 0 Å². The van der Waals surface area contributed by atoms with Gasteiger partial charge in [-0.15, -0.1) is 0 Å². The van der Waals surface area contributed by atoms with Crippen LogP contribution in [0.15, 0.2) is 24.3 Å². The second-order valence-electron chi connectivity index (χ2n) is 4.92. The molecule has 108 valence electrons. The second kappa shape index (κ2) is 9.96. The molecule has 0 saturated carbocycles. The van der Waals surface area contributed by atoms with Crippen LogP contribution >= 0.6 is 0 Å². The first-order valence-electron chi connectivity index (χ1n) is 7.21. The summed E-state index contributed by atoms with van der Waals surface area (Å²) in [6.45, 7) is 10.2. The molecule has 0 spiro atoms. The van der Waals surface area contributed by atoms with E-state index in [1.54, 1.807) is 0 Å². The van der Waals surface area contributed by atoms with Crippen molar-refractivity contribution in [3.63, 3.8) is 0 Å². The smallest absolute Gasteiger partial charge is 0.0721 e. The maximum atomic E-state index is 5.66. The van der Waals surface area contributed by atoms with Gasteiger partial charge in [0, 0.05) is 6.54 Å². The van der Waals surface area contributed by atoms with Crippen LogP contribution < -0.4 is 5.32 Å². The number of rotatable bonds is 10. The molecule has 3 nitrogen and oxygen atoms in total. The minimum Gasteiger partial charge on any atom is -0.376 e. The van der Waals surface area contributed by atoms with Gasteiger partial charge in [-0.3, -0.25) is 0 Å². The lowest BCUT2D eigenvalue weighted by molar-refractivity contribution is 0.0141. The molecule has 0 aromatic heterocycles. The lowest BCUT2D eigenvalue weighted by Crippen LogP contribution is -2.15. The summed E-state index contributed by atoms with van der Waals surface area (Å²) >= 11 is 0. The van der Waals surface area contributed by atoms with E-state index in [1.807, 2.05) is 13.8 Å². The second-order valence-corrected chi connectivity index (χ2v) is 4.92. The van der Waals surface area contributed by atoms with E-state index in [2.05, 4.69) is 36.5 Å². The van der Waals surface area contributed by atoms with Crippen LogP contribution in [0, 0.1) is 0 Å². The van der Waals surface area contributed by atoms with Crippen LogP contribution in [0.5, 0.6) is 0 Å². The van der Waals surface area contributed by atoms with E-state index >= 15 is 0 Å². The first-order chi connectivity index (χ1) is 9.24. The first kappa shape index (κ1) is 16.2. The van der Waals surface area contributed by atoms with Crippen LogP contribution in [0.2, 0.25) is 0 Å². The van der Waals surface area contributed by atoms with Gasteiger partial charge >= 0.3 is 0 Å². The van der Waals surface area contributed by atoms with Gasteiger partial charge in [0.2, 0.25) is 0 Å². The largest absolute Gasteiger partial charge is 0.376 e. The molecule has 19 heavy (non-hydrogen) atoms. The third-order valence-corrected chi connectivity index (χ3v) is 2.80. The van der Waals surface area contributed by atoms with E-state index in [0.717, 1.165) is 19.5 Å². The van der Waals surface area contributed by atoms with Crippen LogP contribution in [0.3, 0.4) is 0 Å². The van der Waals surface area contributed by atoms with Crippen molar-refractivity contribution in [2.75, 3.05) is 19.8 Å². The molecule has 0 bridgehead atoms. The number of hydrogen-bond donors (Lipinski definition) is 1. The number of ether oxygens (including phenoxy) is 2. The SMILES string of the molecule is CCCNCc1ccccc1COCCOC(C)C. The summed E-state index contributed by atoms with van der Waals surface area (Å²) in [6, 6.07) is 8.43. The van der Waals surface area contributed by atoms with Gasteiger partial charge in [-0.25, -0.2) is 0 Å². The van der Waals surface area contributed by atoms with Crippen molar-refractivity contribution < 1.29 is 9.47 Å². The van der Waals surface area contributed by atoms with Gasteiger partial charge in [0.1, 0.15) is 0 Å². The van der Waals surface area contributed by atoms with Crippen molar-refractivity contribution in [2.45, 2.75) is 46.4 Å². The van der Waals surface area contributed by atoms with E-state index in [9.17, 15) is 0 Å². The highest BCUT2D eigenvalue weighted by Crippen LogP contribution is 2.10. The highest BCUT2D eigenvalue weighted by molar-refractivity contribution is 5.26. The Kier molecular flexibility index (Phi) is 8.47. The Balaban J connectivity index is 2.31. The molecule has 1 N–H and O–H groups in total. The lowest BCUT2D eigenvalue weighted by atomic mass is 10.1. The first-order valence-corrected chi connectivity index (χ1v) is 7.21. The summed E-state index contributed by atoms with van der Waals surface area (Å²) < 4.78 is 11.1. The molecule has 1 aromatic carbocycles. The molecule has 0 aliphatic heterocycles. The van der Waals surface area contributed by atoms with Crippen molar-refractivity contribution in [3.8, 4) is 0 Å². The Labute approximate surface area is 117 Å². The van der Waals surface area contributed by atoms with Crippen LogP contribution in [0.4, 0.5) is 0 Å². The zero-order chi connectivity index (χ0) is 13.9. The van der Waals surface area contributed by atoms with Crippen LogP contribution in [-0.2, 0) is 22.6 Å². The van der Waals surface area contributed by atoms with E-state index < -0.39 is 0 Å². The van der Waals surface area contributed by atoms with Gasteiger partial charge in [0.15, 0.2) is 0 Å². The van der Waals surface area contributed by atoms with Crippen molar-refractivity contribution in [3.05, 3.63) is 35.4 Å². The van der Waals surface area contributed by atoms with Gasteiger partial charge in [-0.2, -0.15) is 0 Å². The molecule has 3 heteroatoms. The zero-order valence-electron chi connectivity index (χ0n) is 12.4. The average Bonchev–Trinajstić information content (AvgIpc) is 2.40. The normalized spacial score (nSPS) is 11.2. The van der Waals surface area contributed by atoms with Crippen molar-refractivity contribution in [2.24, 2.45) is 0 Å². The third kappa shape index (κ3) is 7.31. The van der Waals surface area contributed by atoms with Gasteiger partial charge in [-0.05, 0) is 37.9 Å². The number of nitrogens with one attached hydrogen (secondary N) is 1. The summed E-state index contributed by atoms with van der Waals surface area (Å²) in [5.41, 5.74) is 2.58. The quantitative estimate of drug-likeness (QED) is 0.659. The minimum atomic E-state index is 0.272. The molecule has 0 unspecified atom stereocenters. The Morgan fingerprint density at radius 1 is 1.11 bits per heavy atom. The Morgan fingerprint density at radius 3 is 2.53 bits per heavy atom. The predicted molar refractivity (Wildman–Crippen MR) is 79.2 cm³/mol. The highest BCUT2D eigenvalue weighted by Gasteiger charge is 2.01. The molecular formula is C16H27NO2. The van der Waals surface area contributed by atoms with Gasteiger partial charge in [-0.1, -0.05) is 31.2 Å². The lowest BCUT2D eigenvalue weighted by Gasteiger charge is -2.12. The molecule has 0 atom stereocenters. The van der Waals surface area contributed by atoms with Gasteiger partial charge < -0.3 is 14.8 Å². The van der Waals surface area contributed by atoms with Crippen LogP contribution in [0.25, 0.3) is 0 Å². The van der Waals surface area contributed by atoms with Crippen molar-refractivity contribution in [1.82, 2.24) is 5.32 Å². The van der Waals surface area contributed by atoms with Gasteiger partial charge in [0.05, 0.1) is 25.9 Å². The third-order valence-electron chi connectivity index (χ3n) is 2.80. The van der Waals surface area contributed by atoms with Crippen LogP contribution in [0.1, 0.15) is 38.3 Å². The van der Waals surface area contributed by atoms with E-state index in [-0.39, 0.29) is 6.10 Å². The molecule has 1 aromatic rings. The highest BCUT2D eigenvalue weighted by atomic mass is 16.5. The Bertz CT molecular complexity index is 339. The maximum absolute atomic E-state index is 5.66. The molecule has 0 fully saturated rings. The summed E-state index contributed by atoms with van der Waals surface area (Å²) in [6.07, 6.45) is 1.43. The Morgan fingerprint density at radius 2 is 1.84 bits per heavy atom. The predicted octanol–water partition coefficient (Wildman–Crippen LogP) is 3.13.